The average molecular weight is 229 g/mol. The normalized spacial score (nSPS) is 21.1. The molecular formula is C7H17ClN2O2S. The maximum Gasteiger partial charge on any atom is 0.209 e. The minimum absolute atomic E-state index is 0. The molecule has 1 fully saturated rings. The number of piperidine rings is 1. The van der Waals surface area contributed by atoms with E-state index < -0.39 is 10.0 Å². The highest BCUT2D eigenvalue weighted by atomic mass is 35.5. The lowest BCUT2D eigenvalue weighted by Crippen LogP contribution is -2.34. The van der Waals surface area contributed by atoms with Crippen LogP contribution in [0.25, 0.3) is 0 Å². The van der Waals surface area contributed by atoms with Crippen molar-refractivity contribution < 1.29 is 8.42 Å². The third-order valence-corrected chi connectivity index (χ3v) is 3.24. The van der Waals surface area contributed by atoms with Crippen LogP contribution in [-0.4, -0.2) is 39.2 Å². The first-order chi connectivity index (χ1) is 5.47. The standard InChI is InChI=1S/C7H16N2O2S.ClH/c1-9-4-2-7(3-5-9)6-12(8,10)11;/h7H,2-6H2,1H3,(H2,8,10,11);1H. The molecule has 0 radical (unpaired) electrons. The van der Waals surface area contributed by atoms with Gasteiger partial charge in [0, 0.05) is 0 Å². The largest absolute Gasteiger partial charge is 0.306 e. The molecular weight excluding hydrogens is 212 g/mol. The van der Waals surface area contributed by atoms with E-state index in [1.807, 2.05) is 7.05 Å². The molecule has 0 saturated carbocycles. The third-order valence-electron chi connectivity index (χ3n) is 2.31. The molecule has 0 atom stereocenters. The van der Waals surface area contributed by atoms with Crippen LogP contribution < -0.4 is 5.14 Å². The van der Waals surface area contributed by atoms with Crippen LogP contribution in [0.2, 0.25) is 0 Å². The lowest BCUT2D eigenvalue weighted by molar-refractivity contribution is 0.231. The zero-order valence-electron chi connectivity index (χ0n) is 7.77. The van der Waals surface area contributed by atoms with Crippen LogP contribution in [0.1, 0.15) is 12.8 Å². The van der Waals surface area contributed by atoms with Gasteiger partial charge in [0.25, 0.3) is 0 Å². The van der Waals surface area contributed by atoms with E-state index in [1.165, 1.54) is 0 Å². The lowest BCUT2D eigenvalue weighted by Gasteiger charge is -2.28. The summed E-state index contributed by atoms with van der Waals surface area (Å²) in [5, 5.41) is 4.96. The highest BCUT2D eigenvalue weighted by Gasteiger charge is 2.20. The Labute approximate surface area is 85.9 Å². The maximum atomic E-state index is 10.7. The summed E-state index contributed by atoms with van der Waals surface area (Å²) in [7, 11) is -1.21. The van der Waals surface area contributed by atoms with Crippen molar-refractivity contribution in [2.75, 3.05) is 25.9 Å². The molecule has 2 N–H and O–H groups in total. The molecule has 13 heavy (non-hydrogen) atoms. The molecule has 1 saturated heterocycles. The van der Waals surface area contributed by atoms with E-state index in [9.17, 15) is 8.42 Å². The Kier molecular flexibility index (Phi) is 5.21. The highest BCUT2D eigenvalue weighted by Crippen LogP contribution is 2.16. The van der Waals surface area contributed by atoms with E-state index in [4.69, 9.17) is 5.14 Å². The number of sulfonamides is 1. The molecule has 0 unspecified atom stereocenters. The van der Waals surface area contributed by atoms with Crippen LogP contribution in [0.5, 0.6) is 0 Å². The Bertz CT molecular complexity index is 235. The van der Waals surface area contributed by atoms with Crippen molar-refractivity contribution in [3.63, 3.8) is 0 Å². The zero-order valence-corrected chi connectivity index (χ0v) is 9.40. The quantitative estimate of drug-likeness (QED) is 0.726. The van der Waals surface area contributed by atoms with Gasteiger partial charge < -0.3 is 4.90 Å². The van der Waals surface area contributed by atoms with Crippen LogP contribution in [0, 0.1) is 5.92 Å². The lowest BCUT2D eigenvalue weighted by atomic mass is 10.00. The molecule has 0 aromatic heterocycles. The van der Waals surface area contributed by atoms with Crippen LogP contribution in [-0.2, 0) is 10.0 Å². The van der Waals surface area contributed by atoms with Gasteiger partial charge in [0.2, 0.25) is 10.0 Å². The van der Waals surface area contributed by atoms with E-state index in [0.29, 0.717) is 0 Å². The minimum Gasteiger partial charge on any atom is -0.306 e. The summed E-state index contributed by atoms with van der Waals surface area (Å²) in [6.07, 6.45) is 1.90. The van der Waals surface area contributed by atoms with Crippen LogP contribution in [0.15, 0.2) is 0 Å². The number of halogens is 1. The highest BCUT2D eigenvalue weighted by molar-refractivity contribution is 7.89. The number of nitrogens with two attached hydrogens (primary N) is 1. The van der Waals surface area contributed by atoms with Gasteiger partial charge in [0.1, 0.15) is 0 Å². The average Bonchev–Trinajstić information content (AvgIpc) is 1.91. The Balaban J connectivity index is 0.00000144. The molecule has 1 heterocycles. The van der Waals surface area contributed by atoms with Crippen molar-refractivity contribution in [3.8, 4) is 0 Å². The van der Waals surface area contributed by atoms with Crippen molar-refractivity contribution in [3.05, 3.63) is 0 Å². The van der Waals surface area contributed by atoms with Crippen LogP contribution in [0.4, 0.5) is 0 Å². The summed E-state index contributed by atoms with van der Waals surface area (Å²) < 4.78 is 21.5. The molecule has 6 heteroatoms. The van der Waals surface area contributed by atoms with Gasteiger partial charge in [0.05, 0.1) is 5.75 Å². The van der Waals surface area contributed by atoms with Gasteiger partial charge in [-0.05, 0) is 38.9 Å². The Morgan fingerprint density at radius 3 is 2.23 bits per heavy atom. The van der Waals surface area contributed by atoms with Crippen LogP contribution in [0.3, 0.4) is 0 Å². The molecule has 0 aliphatic carbocycles. The summed E-state index contributed by atoms with van der Waals surface area (Å²) in [5.41, 5.74) is 0. The van der Waals surface area contributed by atoms with E-state index in [0.717, 1.165) is 25.9 Å². The summed E-state index contributed by atoms with van der Waals surface area (Å²) >= 11 is 0. The first kappa shape index (κ1) is 13.2. The number of hydrogen-bond acceptors (Lipinski definition) is 3. The van der Waals surface area contributed by atoms with Gasteiger partial charge in [-0.2, -0.15) is 0 Å². The van der Waals surface area contributed by atoms with Gasteiger partial charge in [-0.25, -0.2) is 13.6 Å². The van der Waals surface area contributed by atoms with Gasteiger partial charge >= 0.3 is 0 Å². The predicted molar refractivity (Wildman–Crippen MR) is 55.4 cm³/mol. The molecule has 0 aromatic rings. The Hall–Kier alpha value is 0.160. The molecule has 0 amide bonds. The fourth-order valence-corrected chi connectivity index (χ4v) is 2.55. The van der Waals surface area contributed by atoms with Gasteiger partial charge in [-0.3, -0.25) is 0 Å². The molecule has 0 spiro atoms. The smallest absolute Gasteiger partial charge is 0.209 e. The summed E-state index contributed by atoms with van der Waals surface area (Å²) in [6, 6.07) is 0. The SMILES string of the molecule is CN1CCC(CS(N)(=O)=O)CC1.Cl. The van der Waals surface area contributed by atoms with Crippen molar-refractivity contribution in [2.24, 2.45) is 11.1 Å². The molecule has 0 bridgehead atoms. The maximum absolute atomic E-state index is 10.7. The summed E-state index contributed by atoms with van der Waals surface area (Å²) in [5.74, 6) is 0.428. The monoisotopic (exact) mass is 228 g/mol. The Morgan fingerprint density at radius 2 is 1.85 bits per heavy atom. The predicted octanol–water partition coefficient (Wildman–Crippen LogP) is 0.0385. The van der Waals surface area contributed by atoms with E-state index >= 15 is 0 Å². The fourth-order valence-electron chi connectivity index (χ4n) is 1.56. The van der Waals surface area contributed by atoms with Gasteiger partial charge in [-0.15, -0.1) is 12.4 Å². The number of primary sulfonamides is 1. The van der Waals surface area contributed by atoms with E-state index in [2.05, 4.69) is 4.90 Å². The summed E-state index contributed by atoms with van der Waals surface area (Å²) in [6.45, 7) is 1.97. The first-order valence-corrected chi connectivity index (χ1v) is 5.88. The minimum atomic E-state index is -3.26. The molecule has 0 aromatic carbocycles. The Morgan fingerprint density at radius 1 is 1.38 bits per heavy atom. The van der Waals surface area contributed by atoms with Crippen LogP contribution >= 0.6 is 12.4 Å². The van der Waals surface area contributed by atoms with E-state index in [1.54, 1.807) is 0 Å². The number of likely N-dealkylation sites (tertiary alicyclic amines) is 1. The molecule has 1 rings (SSSR count). The molecule has 4 nitrogen and oxygen atoms in total. The number of rotatable bonds is 2. The molecule has 80 valence electrons. The number of nitrogens with zero attached hydrogens (tertiary/aromatic N) is 1. The second-order valence-corrected chi connectivity index (χ2v) is 5.24. The zero-order chi connectivity index (χ0) is 9.19. The topological polar surface area (TPSA) is 63.4 Å². The molecule has 1 aliphatic heterocycles. The fraction of sp³-hybridized carbons (Fsp3) is 1.00. The van der Waals surface area contributed by atoms with Crippen molar-refractivity contribution in [1.29, 1.82) is 0 Å². The van der Waals surface area contributed by atoms with E-state index in [-0.39, 0.29) is 24.1 Å². The summed E-state index contributed by atoms with van der Waals surface area (Å²) in [4.78, 5) is 2.21. The van der Waals surface area contributed by atoms with Crippen molar-refractivity contribution in [1.82, 2.24) is 4.90 Å². The third kappa shape index (κ3) is 5.46. The second kappa shape index (κ2) is 5.14. The first-order valence-electron chi connectivity index (χ1n) is 4.16. The van der Waals surface area contributed by atoms with Crippen molar-refractivity contribution in [2.45, 2.75) is 12.8 Å². The molecule has 1 aliphatic rings. The van der Waals surface area contributed by atoms with Crippen molar-refractivity contribution >= 4 is 22.4 Å². The number of hydrogen-bond donors (Lipinski definition) is 1. The second-order valence-electron chi connectivity index (χ2n) is 3.58. The van der Waals surface area contributed by atoms with Gasteiger partial charge in [0.15, 0.2) is 0 Å². The van der Waals surface area contributed by atoms with Gasteiger partial charge in [-0.1, -0.05) is 0 Å².